The highest BCUT2D eigenvalue weighted by atomic mass is 19.3. The van der Waals surface area contributed by atoms with E-state index in [0.29, 0.717) is 23.0 Å². The van der Waals surface area contributed by atoms with Gasteiger partial charge in [0.15, 0.2) is 5.69 Å². The quantitative estimate of drug-likeness (QED) is 0.628. The third kappa shape index (κ3) is 3.79. The summed E-state index contributed by atoms with van der Waals surface area (Å²) in [6.45, 7) is 1.24. The van der Waals surface area contributed by atoms with Gasteiger partial charge in [0, 0.05) is 12.4 Å². The van der Waals surface area contributed by atoms with Gasteiger partial charge in [-0.15, -0.1) is 0 Å². The molecular formula is C18H17F2N3O3. The largest absolute Gasteiger partial charge is 0.461 e. The summed E-state index contributed by atoms with van der Waals surface area (Å²) in [5.74, 6) is -0.356. The highest BCUT2D eigenvalue weighted by molar-refractivity contribution is 6.01. The van der Waals surface area contributed by atoms with Crippen LogP contribution in [-0.4, -0.2) is 34.0 Å². The summed E-state index contributed by atoms with van der Waals surface area (Å²) in [5, 5.41) is 5.03. The smallest absolute Gasteiger partial charge is 0.387 e. The van der Waals surface area contributed by atoms with Crippen molar-refractivity contribution in [1.29, 1.82) is 0 Å². The number of aryl methyl sites for hydroxylation is 1. The SMILES string of the molecule is CCOC(=O)c1nccc2nn(Cc3ccc(OC(F)F)c(C)c3)cc12. The second-order valence-electron chi connectivity index (χ2n) is 5.62. The minimum atomic E-state index is -2.86. The lowest BCUT2D eigenvalue weighted by Gasteiger charge is -2.09. The fourth-order valence-corrected chi connectivity index (χ4v) is 2.66. The highest BCUT2D eigenvalue weighted by Crippen LogP contribution is 2.22. The number of hydrogen-bond donors (Lipinski definition) is 0. The molecule has 0 aliphatic carbocycles. The molecule has 8 heteroatoms. The topological polar surface area (TPSA) is 66.2 Å². The third-order valence-corrected chi connectivity index (χ3v) is 3.75. The van der Waals surface area contributed by atoms with Gasteiger partial charge >= 0.3 is 12.6 Å². The van der Waals surface area contributed by atoms with Crippen LogP contribution in [0, 0.1) is 6.92 Å². The van der Waals surface area contributed by atoms with Crippen LogP contribution in [0.1, 0.15) is 28.5 Å². The van der Waals surface area contributed by atoms with Crippen molar-refractivity contribution >= 4 is 16.9 Å². The number of hydrogen-bond acceptors (Lipinski definition) is 5. The van der Waals surface area contributed by atoms with E-state index in [1.54, 1.807) is 42.9 Å². The van der Waals surface area contributed by atoms with Gasteiger partial charge in [0.2, 0.25) is 0 Å². The van der Waals surface area contributed by atoms with Crippen LogP contribution in [0.5, 0.6) is 5.75 Å². The molecule has 136 valence electrons. The number of esters is 1. The molecule has 0 saturated carbocycles. The molecule has 1 aromatic carbocycles. The van der Waals surface area contributed by atoms with Gasteiger partial charge in [-0.25, -0.2) is 9.78 Å². The molecule has 3 rings (SSSR count). The van der Waals surface area contributed by atoms with Crippen molar-refractivity contribution in [2.45, 2.75) is 27.0 Å². The number of ether oxygens (including phenoxy) is 2. The lowest BCUT2D eigenvalue weighted by molar-refractivity contribution is -0.0503. The highest BCUT2D eigenvalue weighted by Gasteiger charge is 2.15. The van der Waals surface area contributed by atoms with E-state index in [1.165, 1.54) is 12.3 Å². The number of alkyl halides is 2. The molecule has 0 aliphatic heterocycles. The monoisotopic (exact) mass is 361 g/mol. The van der Waals surface area contributed by atoms with Crippen LogP contribution in [0.15, 0.2) is 36.7 Å². The number of pyridine rings is 1. The van der Waals surface area contributed by atoms with E-state index in [2.05, 4.69) is 14.8 Å². The Balaban J connectivity index is 1.86. The average Bonchev–Trinajstić information content (AvgIpc) is 2.99. The molecule has 6 nitrogen and oxygen atoms in total. The number of carbonyl (C=O) groups excluding carboxylic acids is 1. The maximum absolute atomic E-state index is 12.3. The van der Waals surface area contributed by atoms with Gasteiger partial charge < -0.3 is 9.47 Å². The molecule has 0 saturated heterocycles. The normalized spacial score (nSPS) is 11.1. The predicted molar refractivity (Wildman–Crippen MR) is 90.4 cm³/mol. The zero-order valence-electron chi connectivity index (χ0n) is 14.3. The summed E-state index contributed by atoms with van der Waals surface area (Å²) < 4.78 is 35.8. The van der Waals surface area contributed by atoms with Gasteiger partial charge in [0.05, 0.1) is 24.1 Å². The van der Waals surface area contributed by atoms with Crippen LogP contribution >= 0.6 is 0 Å². The Morgan fingerprint density at radius 1 is 1.31 bits per heavy atom. The molecule has 3 aromatic rings. The van der Waals surface area contributed by atoms with Gasteiger partial charge in [-0.1, -0.05) is 12.1 Å². The van der Waals surface area contributed by atoms with Gasteiger partial charge in [-0.3, -0.25) is 4.68 Å². The number of benzene rings is 1. The molecule has 0 radical (unpaired) electrons. The van der Waals surface area contributed by atoms with Gasteiger partial charge in [-0.05, 0) is 37.1 Å². The Labute approximate surface area is 148 Å². The van der Waals surface area contributed by atoms with Gasteiger partial charge in [0.1, 0.15) is 5.75 Å². The third-order valence-electron chi connectivity index (χ3n) is 3.75. The van der Waals surface area contributed by atoms with Crippen molar-refractivity contribution in [3.63, 3.8) is 0 Å². The van der Waals surface area contributed by atoms with Crippen LogP contribution in [0.3, 0.4) is 0 Å². The van der Waals surface area contributed by atoms with Crippen LogP contribution < -0.4 is 4.74 Å². The maximum Gasteiger partial charge on any atom is 0.387 e. The lowest BCUT2D eigenvalue weighted by atomic mass is 10.1. The standard InChI is InChI=1S/C18H17F2N3O3/c1-3-25-17(24)16-13-10-23(22-14(13)6-7-21-16)9-12-4-5-15(11(2)8-12)26-18(19)20/h4-8,10,18H,3,9H2,1-2H3. The summed E-state index contributed by atoms with van der Waals surface area (Å²) in [5.41, 5.74) is 2.31. The molecule has 0 bridgehead atoms. The minimum Gasteiger partial charge on any atom is -0.461 e. The second kappa shape index (κ2) is 7.47. The van der Waals surface area contributed by atoms with E-state index in [4.69, 9.17) is 4.74 Å². The van der Waals surface area contributed by atoms with E-state index in [0.717, 1.165) is 5.56 Å². The van der Waals surface area contributed by atoms with Crippen molar-refractivity contribution in [1.82, 2.24) is 14.8 Å². The molecule has 0 aliphatic rings. The molecule has 2 heterocycles. The van der Waals surface area contributed by atoms with Crippen molar-refractivity contribution in [3.05, 3.63) is 53.5 Å². The Hall–Kier alpha value is -3.03. The fraction of sp³-hybridized carbons (Fsp3) is 0.278. The van der Waals surface area contributed by atoms with Crippen molar-refractivity contribution in [2.75, 3.05) is 6.61 Å². The summed E-state index contributed by atoms with van der Waals surface area (Å²) in [7, 11) is 0. The number of rotatable bonds is 6. The first-order chi connectivity index (χ1) is 12.5. The zero-order chi connectivity index (χ0) is 18.7. The first-order valence-corrected chi connectivity index (χ1v) is 8.01. The number of carbonyl (C=O) groups is 1. The number of fused-ring (bicyclic) bond motifs is 1. The molecule has 0 fully saturated rings. The van der Waals surface area contributed by atoms with Gasteiger partial charge in [0.25, 0.3) is 0 Å². The fourth-order valence-electron chi connectivity index (χ4n) is 2.66. The molecular weight excluding hydrogens is 344 g/mol. The van der Waals surface area contributed by atoms with E-state index in [1.807, 2.05) is 0 Å². The van der Waals surface area contributed by atoms with Crippen LogP contribution in [0.25, 0.3) is 10.9 Å². The predicted octanol–water partition coefficient (Wildman–Crippen LogP) is 3.57. The number of nitrogens with zero attached hydrogens (tertiary/aromatic N) is 3. The van der Waals surface area contributed by atoms with E-state index >= 15 is 0 Å². The Bertz CT molecular complexity index is 941. The Kier molecular flexibility index (Phi) is 5.11. The summed E-state index contributed by atoms with van der Waals surface area (Å²) in [4.78, 5) is 16.1. The average molecular weight is 361 g/mol. The Morgan fingerprint density at radius 3 is 2.81 bits per heavy atom. The minimum absolute atomic E-state index is 0.142. The van der Waals surface area contributed by atoms with Gasteiger partial charge in [-0.2, -0.15) is 13.9 Å². The first kappa shape index (κ1) is 17.8. The number of halogens is 2. The first-order valence-electron chi connectivity index (χ1n) is 8.01. The second-order valence-corrected chi connectivity index (χ2v) is 5.62. The van der Waals surface area contributed by atoms with Crippen LogP contribution in [0.2, 0.25) is 0 Å². The Morgan fingerprint density at radius 2 is 2.12 bits per heavy atom. The van der Waals surface area contributed by atoms with E-state index in [9.17, 15) is 13.6 Å². The van der Waals surface area contributed by atoms with Crippen molar-refractivity contribution in [2.24, 2.45) is 0 Å². The van der Waals surface area contributed by atoms with E-state index < -0.39 is 12.6 Å². The van der Waals surface area contributed by atoms with Crippen LogP contribution in [0.4, 0.5) is 8.78 Å². The molecule has 0 amide bonds. The van der Waals surface area contributed by atoms with Crippen LogP contribution in [-0.2, 0) is 11.3 Å². The summed E-state index contributed by atoms with van der Waals surface area (Å²) in [6, 6.07) is 6.67. The summed E-state index contributed by atoms with van der Waals surface area (Å²) >= 11 is 0. The molecule has 0 atom stereocenters. The molecule has 26 heavy (non-hydrogen) atoms. The summed E-state index contributed by atoms with van der Waals surface area (Å²) in [6.07, 6.45) is 3.22. The molecule has 2 aromatic heterocycles. The maximum atomic E-state index is 12.3. The van der Waals surface area contributed by atoms with Crippen molar-refractivity contribution < 1.29 is 23.0 Å². The lowest BCUT2D eigenvalue weighted by Crippen LogP contribution is -2.07. The van der Waals surface area contributed by atoms with Crippen molar-refractivity contribution in [3.8, 4) is 5.75 Å². The molecule has 0 unspecified atom stereocenters. The van der Waals surface area contributed by atoms with E-state index in [-0.39, 0.29) is 18.1 Å². The molecule has 0 spiro atoms. The molecule has 0 N–H and O–H groups in total. The zero-order valence-corrected chi connectivity index (χ0v) is 14.3. The number of aromatic nitrogens is 3.